The zero-order valence-corrected chi connectivity index (χ0v) is 13.2. The van der Waals surface area contributed by atoms with Gasteiger partial charge in [-0.1, -0.05) is 18.7 Å². The van der Waals surface area contributed by atoms with E-state index in [0.717, 1.165) is 22.2 Å². The van der Waals surface area contributed by atoms with Gasteiger partial charge in [0.15, 0.2) is 5.16 Å². The highest BCUT2D eigenvalue weighted by Gasteiger charge is 2.28. The molecule has 2 rings (SSSR count). The van der Waals surface area contributed by atoms with Gasteiger partial charge >= 0.3 is 0 Å². The van der Waals surface area contributed by atoms with E-state index in [4.69, 9.17) is 0 Å². The predicted octanol–water partition coefficient (Wildman–Crippen LogP) is 1.68. The van der Waals surface area contributed by atoms with Gasteiger partial charge < -0.3 is 5.32 Å². The van der Waals surface area contributed by atoms with Crippen molar-refractivity contribution in [2.45, 2.75) is 57.8 Å². The lowest BCUT2D eigenvalue weighted by molar-refractivity contribution is -0.122. The zero-order valence-electron chi connectivity index (χ0n) is 12.4. The molecule has 1 aliphatic rings. The number of carbonyl (C=O) groups is 1. The number of rotatable bonds is 4. The van der Waals surface area contributed by atoms with E-state index in [1.807, 2.05) is 27.7 Å². The molecule has 2 heterocycles. The van der Waals surface area contributed by atoms with E-state index in [2.05, 4.69) is 10.3 Å². The summed E-state index contributed by atoms with van der Waals surface area (Å²) in [6.45, 7) is 7.70. The second-order valence-electron chi connectivity index (χ2n) is 5.38. The van der Waals surface area contributed by atoms with Crippen LogP contribution in [-0.2, 0) is 11.2 Å². The second-order valence-corrected chi connectivity index (χ2v) is 6.37. The molecule has 0 bridgehead atoms. The predicted molar refractivity (Wildman–Crippen MR) is 80.3 cm³/mol. The van der Waals surface area contributed by atoms with Crippen LogP contribution in [-0.4, -0.2) is 27.3 Å². The van der Waals surface area contributed by atoms with E-state index in [1.54, 1.807) is 16.3 Å². The Morgan fingerprint density at radius 3 is 2.85 bits per heavy atom. The standard InChI is InChI=1S/C14H21N3O2S/c1-5-11-9(4)16-14-17(13(11)19)10(7-20-14)6-12(18)15-8(2)3/h8,10H,5-7H2,1-4H3,(H,15,18). The average molecular weight is 295 g/mol. The highest BCUT2D eigenvalue weighted by atomic mass is 32.2. The molecule has 1 N–H and O–H groups in total. The maximum Gasteiger partial charge on any atom is 0.257 e. The van der Waals surface area contributed by atoms with Crippen LogP contribution in [0.3, 0.4) is 0 Å². The van der Waals surface area contributed by atoms with E-state index in [9.17, 15) is 9.59 Å². The Balaban J connectivity index is 2.28. The molecule has 6 heteroatoms. The van der Waals surface area contributed by atoms with E-state index in [0.29, 0.717) is 12.8 Å². The summed E-state index contributed by atoms with van der Waals surface area (Å²) in [6, 6.07) is 0.0368. The van der Waals surface area contributed by atoms with Crippen molar-refractivity contribution in [1.82, 2.24) is 14.9 Å². The van der Waals surface area contributed by atoms with Gasteiger partial charge in [-0.25, -0.2) is 4.98 Å². The average Bonchev–Trinajstić information content (AvgIpc) is 2.71. The van der Waals surface area contributed by atoms with Crippen LogP contribution in [0.15, 0.2) is 9.95 Å². The van der Waals surface area contributed by atoms with Crippen LogP contribution >= 0.6 is 11.8 Å². The van der Waals surface area contributed by atoms with Crippen LogP contribution in [0.2, 0.25) is 0 Å². The molecule has 1 amide bonds. The van der Waals surface area contributed by atoms with Crippen LogP contribution < -0.4 is 10.9 Å². The van der Waals surface area contributed by atoms with E-state index in [-0.39, 0.29) is 23.6 Å². The van der Waals surface area contributed by atoms with E-state index >= 15 is 0 Å². The quantitative estimate of drug-likeness (QED) is 0.858. The van der Waals surface area contributed by atoms with Crippen LogP contribution in [0.4, 0.5) is 0 Å². The molecular weight excluding hydrogens is 274 g/mol. The smallest absolute Gasteiger partial charge is 0.257 e. The van der Waals surface area contributed by atoms with Crippen LogP contribution in [0.1, 0.15) is 44.5 Å². The summed E-state index contributed by atoms with van der Waals surface area (Å²) < 4.78 is 1.70. The lowest BCUT2D eigenvalue weighted by Gasteiger charge is -2.16. The number of thioether (sulfide) groups is 1. The molecular formula is C14H21N3O2S. The fraction of sp³-hybridized carbons (Fsp3) is 0.643. The van der Waals surface area contributed by atoms with Crippen molar-refractivity contribution in [3.63, 3.8) is 0 Å². The first-order chi connectivity index (χ1) is 9.43. The van der Waals surface area contributed by atoms with Gasteiger partial charge in [0.05, 0.1) is 6.04 Å². The van der Waals surface area contributed by atoms with Crippen molar-refractivity contribution >= 4 is 17.7 Å². The lowest BCUT2D eigenvalue weighted by atomic mass is 10.1. The van der Waals surface area contributed by atoms with Gasteiger partial charge in [0.2, 0.25) is 5.91 Å². The molecule has 1 unspecified atom stereocenters. The Morgan fingerprint density at radius 1 is 1.55 bits per heavy atom. The van der Waals surface area contributed by atoms with Gasteiger partial charge in [-0.15, -0.1) is 0 Å². The largest absolute Gasteiger partial charge is 0.354 e. The first kappa shape index (κ1) is 15.1. The Morgan fingerprint density at radius 2 is 2.25 bits per heavy atom. The Kier molecular flexibility index (Phi) is 4.52. The van der Waals surface area contributed by atoms with E-state index in [1.165, 1.54) is 0 Å². The zero-order chi connectivity index (χ0) is 14.9. The number of nitrogens with zero attached hydrogens (tertiary/aromatic N) is 2. The van der Waals surface area contributed by atoms with Gasteiger partial charge in [-0.05, 0) is 27.2 Å². The molecule has 0 aliphatic carbocycles. The molecule has 0 radical (unpaired) electrons. The number of nitrogens with one attached hydrogen (secondary N) is 1. The van der Waals surface area contributed by atoms with Crippen molar-refractivity contribution in [3.8, 4) is 0 Å². The number of aryl methyl sites for hydroxylation is 1. The number of fused-ring (bicyclic) bond motifs is 1. The molecule has 1 aromatic rings. The van der Waals surface area contributed by atoms with Gasteiger partial charge in [0, 0.05) is 29.5 Å². The van der Waals surface area contributed by atoms with Crippen molar-refractivity contribution in [3.05, 3.63) is 21.6 Å². The molecule has 1 atom stereocenters. The van der Waals surface area contributed by atoms with Crippen molar-refractivity contribution < 1.29 is 4.79 Å². The monoisotopic (exact) mass is 295 g/mol. The summed E-state index contributed by atoms with van der Waals surface area (Å²) in [6.07, 6.45) is 1.01. The Hall–Kier alpha value is -1.30. The van der Waals surface area contributed by atoms with E-state index < -0.39 is 0 Å². The Labute approximate surface area is 123 Å². The highest BCUT2D eigenvalue weighted by Crippen LogP contribution is 2.32. The molecule has 0 spiro atoms. The van der Waals surface area contributed by atoms with Gasteiger partial charge in [-0.3, -0.25) is 14.2 Å². The second kappa shape index (κ2) is 5.99. The fourth-order valence-electron chi connectivity index (χ4n) is 2.47. The van der Waals surface area contributed by atoms with Crippen LogP contribution in [0.25, 0.3) is 0 Å². The molecule has 0 saturated carbocycles. The van der Waals surface area contributed by atoms with Crippen LogP contribution in [0.5, 0.6) is 0 Å². The summed E-state index contributed by atoms with van der Waals surface area (Å²) in [7, 11) is 0. The normalized spacial score (nSPS) is 17.4. The highest BCUT2D eigenvalue weighted by molar-refractivity contribution is 7.99. The third kappa shape index (κ3) is 2.90. The summed E-state index contributed by atoms with van der Waals surface area (Å²) in [5.41, 5.74) is 1.58. The lowest BCUT2D eigenvalue weighted by Crippen LogP contribution is -2.35. The molecule has 110 valence electrons. The molecule has 0 fully saturated rings. The maximum atomic E-state index is 12.5. The topological polar surface area (TPSA) is 64.0 Å². The molecule has 5 nitrogen and oxygen atoms in total. The molecule has 0 saturated heterocycles. The molecule has 1 aromatic heterocycles. The minimum Gasteiger partial charge on any atom is -0.354 e. The Bertz CT molecular complexity index is 581. The van der Waals surface area contributed by atoms with Gasteiger partial charge in [0.25, 0.3) is 5.56 Å². The van der Waals surface area contributed by atoms with Crippen LogP contribution in [0, 0.1) is 6.92 Å². The molecule has 20 heavy (non-hydrogen) atoms. The van der Waals surface area contributed by atoms with Crippen molar-refractivity contribution in [2.75, 3.05) is 5.75 Å². The molecule has 0 aromatic carbocycles. The number of aromatic nitrogens is 2. The van der Waals surface area contributed by atoms with Gasteiger partial charge in [-0.2, -0.15) is 0 Å². The summed E-state index contributed by atoms with van der Waals surface area (Å²) in [5.74, 6) is 0.726. The first-order valence-corrected chi connectivity index (χ1v) is 7.96. The van der Waals surface area contributed by atoms with Crippen molar-refractivity contribution in [1.29, 1.82) is 0 Å². The maximum absolute atomic E-state index is 12.5. The summed E-state index contributed by atoms with van der Waals surface area (Å²) in [4.78, 5) is 28.9. The number of hydrogen-bond acceptors (Lipinski definition) is 4. The molecule has 1 aliphatic heterocycles. The summed E-state index contributed by atoms with van der Waals surface area (Å²) >= 11 is 1.56. The van der Waals surface area contributed by atoms with Gasteiger partial charge in [0.1, 0.15) is 0 Å². The minimum absolute atomic E-state index is 0.0102. The minimum atomic E-state index is -0.0837. The third-order valence-corrected chi connectivity index (χ3v) is 4.47. The number of hydrogen-bond donors (Lipinski definition) is 1. The first-order valence-electron chi connectivity index (χ1n) is 6.98. The SMILES string of the molecule is CCc1c(C)nc2n(c1=O)C(CC(=O)NC(C)C)CS2. The third-order valence-electron chi connectivity index (χ3n) is 3.38. The number of amides is 1. The summed E-state index contributed by atoms with van der Waals surface area (Å²) in [5, 5.41) is 3.62. The number of carbonyl (C=O) groups excluding carboxylic acids is 1. The fourth-order valence-corrected chi connectivity index (χ4v) is 3.65. The van der Waals surface area contributed by atoms with Crippen molar-refractivity contribution in [2.24, 2.45) is 0 Å².